The van der Waals surface area contributed by atoms with E-state index >= 15 is 0 Å². The molecule has 0 saturated heterocycles. The number of hydrogen-bond donors (Lipinski definition) is 6. The number of rotatable bonds is 10. The van der Waals surface area contributed by atoms with Gasteiger partial charge >= 0.3 is 5.97 Å². The first-order valence-electron chi connectivity index (χ1n) is 8.25. The molecule has 3 unspecified atom stereocenters. The molecule has 3 amide bonds. The van der Waals surface area contributed by atoms with Crippen molar-refractivity contribution >= 4 is 36.3 Å². The smallest absolute Gasteiger partial charge is 0.326 e. The van der Waals surface area contributed by atoms with Crippen molar-refractivity contribution in [1.29, 1.82) is 0 Å². The third-order valence-electron chi connectivity index (χ3n) is 3.62. The van der Waals surface area contributed by atoms with Gasteiger partial charge in [0.1, 0.15) is 12.1 Å². The second-order valence-corrected chi connectivity index (χ2v) is 6.25. The number of nitrogens with one attached hydrogen (secondary N) is 3. The van der Waals surface area contributed by atoms with E-state index in [2.05, 4.69) is 28.6 Å². The predicted molar refractivity (Wildman–Crippen MR) is 102 cm³/mol. The first-order valence-corrected chi connectivity index (χ1v) is 8.88. The van der Waals surface area contributed by atoms with Crippen molar-refractivity contribution in [2.75, 3.05) is 12.3 Å². The van der Waals surface area contributed by atoms with E-state index in [0.717, 1.165) is 5.56 Å². The average molecular weight is 396 g/mol. The van der Waals surface area contributed by atoms with Crippen LogP contribution in [0, 0.1) is 0 Å². The van der Waals surface area contributed by atoms with Gasteiger partial charge in [-0.25, -0.2) is 4.79 Å². The Morgan fingerprint density at radius 2 is 1.74 bits per heavy atom. The topological polar surface area (TPSA) is 151 Å². The zero-order valence-corrected chi connectivity index (χ0v) is 15.7. The number of carboxylic acid groups (broad SMARTS) is 1. The fourth-order valence-electron chi connectivity index (χ4n) is 2.08. The molecule has 148 valence electrons. The van der Waals surface area contributed by atoms with Gasteiger partial charge in [0.25, 0.3) is 0 Å². The van der Waals surface area contributed by atoms with Gasteiger partial charge in [0.15, 0.2) is 0 Å². The predicted octanol–water partition coefficient (Wildman–Crippen LogP) is -1.32. The van der Waals surface area contributed by atoms with Crippen molar-refractivity contribution in [2.24, 2.45) is 5.73 Å². The summed E-state index contributed by atoms with van der Waals surface area (Å²) in [5.41, 5.74) is 6.25. The first kappa shape index (κ1) is 22.5. The van der Waals surface area contributed by atoms with Crippen molar-refractivity contribution in [3.8, 4) is 0 Å². The lowest BCUT2D eigenvalue weighted by Crippen LogP contribution is -2.52. The van der Waals surface area contributed by atoms with Crippen molar-refractivity contribution in [1.82, 2.24) is 16.0 Å². The van der Waals surface area contributed by atoms with Gasteiger partial charge in [0.2, 0.25) is 17.7 Å². The Bertz CT molecular complexity index is 671. The molecule has 0 fully saturated rings. The van der Waals surface area contributed by atoms with E-state index in [4.69, 9.17) is 5.73 Å². The largest absolute Gasteiger partial charge is 0.480 e. The number of carbonyl (C=O) groups is 4. The van der Waals surface area contributed by atoms with Gasteiger partial charge in [-0.15, -0.1) is 0 Å². The molecule has 1 aromatic rings. The number of nitrogens with two attached hydrogens (primary N) is 1. The van der Waals surface area contributed by atoms with Gasteiger partial charge in [-0.2, -0.15) is 12.6 Å². The lowest BCUT2D eigenvalue weighted by atomic mass is 10.1. The molecule has 0 aromatic heterocycles. The third-order valence-corrected chi connectivity index (χ3v) is 4.02. The molecule has 0 aliphatic carbocycles. The Balaban J connectivity index is 2.48. The monoisotopic (exact) mass is 396 g/mol. The minimum Gasteiger partial charge on any atom is -0.480 e. The van der Waals surface area contributed by atoms with Gasteiger partial charge in [-0.05, 0) is 12.5 Å². The molecular formula is C17H24N4O5S. The van der Waals surface area contributed by atoms with Crippen LogP contribution in [0.25, 0.3) is 0 Å². The van der Waals surface area contributed by atoms with Gasteiger partial charge in [0, 0.05) is 12.2 Å². The van der Waals surface area contributed by atoms with Crippen LogP contribution < -0.4 is 21.7 Å². The maximum atomic E-state index is 11.9. The SMILES string of the molecule is CC(NC(=O)C(N)CS)C(=O)NCC(=O)NC(Cc1ccccc1)C(=O)O. The molecular weight excluding hydrogens is 372 g/mol. The second kappa shape index (κ2) is 11.2. The van der Waals surface area contributed by atoms with Crippen LogP contribution in [0.4, 0.5) is 0 Å². The van der Waals surface area contributed by atoms with E-state index in [1.54, 1.807) is 30.3 Å². The zero-order chi connectivity index (χ0) is 20.4. The fourth-order valence-corrected chi connectivity index (χ4v) is 2.25. The number of hydrogen-bond acceptors (Lipinski definition) is 6. The lowest BCUT2D eigenvalue weighted by Gasteiger charge is -2.17. The zero-order valence-electron chi connectivity index (χ0n) is 14.8. The summed E-state index contributed by atoms with van der Waals surface area (Å²) in [5, 5.41) is 16.3. The molecule has 0 radical (unpaired) electrons. The molecule has 0 aliphatic rings. The van der Waals surface area contributed by atoms with E-state index in [-0.39, 0.29) is 12.2 Å². The molecule has 0 spiro atoms. The standard InChI is InChI=1S/C17H24N4O5S/c1-10(20-16(24)12(18)9-27)15(23)19-8-14(22)21-13(17(25)26)7-11-5-3-2-4-6-11/h2-6,10,12-13,27H,7-9,18H2,1H3,(H,19,23)(H,20,24)(H,21,22)(H,25,26). The summed E-state index contributed by atoms with van der Waals surface area (Å²) in [5.74, 6) is -2.84. The number of carbonyl (C=O) groups excluding carboxylic acids is 3. The number of carboxylic acids is 1. The minimum absolute atomic E-state index is 0.115. The fraction of sp³-hybridized carbons (Fsp3) is 0.412. The Hall–Kier alpha value is -2.59. The number of thiol groups is 1. The normalized spacial score (nSPS) is 13.7. The summed E-state index contributed by atoms with van der Waals surface area (Å²) in [7, 11) is 0. The summed E-state index contributed by atoms with van der Waals surface area (Å²) in [6, 6.07) is 5.97. The first-order chi connectivity index (χ1) is 12.7. The van der Waals surface area contributed by atoms with Gasteiger partial charge in [-0.1, -0.05) is 30.3 Å². The summed E-state index contributed by atoms with van der Waals surface area (Å²) in [6.45, 7) is 1.02. The second-order valence-electron chi connectivity index (χ2n) is 5.89. The van der Waals surface area contributed by atoms with Gasteiger partial charge < -0.3 is 26.8 Å². The van der Waals surface area contributed by atoms with Gasteiger partial charge in [0.05, 0.1) is 12.6 Å². The van der Waals surface area contributed by atoms with Crippen LogP contribution >= 0.6 is 12.6 Å². The molecule has 6 N–H and O–H groups in total. The average Bonchev–Trinajstić information content (AvgIpc) is 2.65. The molecule has 0 bridgehead atoms. The highest BCUT2D eigenvalue weighted by atomic mass is 32.1. The van der Waals surface area contributed by atoms with Crippen LogP contribution in [-0.2, 0) is 25.6 Å². The molecule has 0 aliphatic heterocycles. The Morgan fingerprint density at radius 3 is 2.30 bits per heavy atom. The summed E-state index contributed by atoms with van der Waals surface area (Å²) in [4.78, 5) is 46.8. The van der Waals surface area contributed by atoms with E-state index in [9.17, 15) is 24.3 Å². The van der Waals surface area contributed by atoms with Crippen LogP contribution in [0.5, 0.6) is 0 Å². The lowest BCUT2D eigenvalue weighted by molar-refractivity contribution is -0.141. The molecule has 0 saturated carbocycles. The quantitative estimate of drug-likeness (QED) is 0.270. The number of aliphatic carboxylic acids is 1. The molecule has 3 atom stereocenters. The molecule has 27 heavy (non-hydrogen) atoms. The maximum absolute atomic E-state index is 11.9. The highest BCUT2D eigenvalue weighted by Crippen LogP contribution is 2.03. The molecule has 10 heteroatoms. The van der Waals surface area contributed by atoms with Crippen LogP contribution in [0.15, 0.2) is 30.3 Å². The molecule has 9 nitrogen and oxygen atoms in total. The van der Waals surface area contributed by atoms with Crippen LogP contribution in [0.1, 0.15) is 12.5 Å². The van der Waals surface area contributed by atoms with E-state index < -0.39 is 48.4 Å². The Labute approximate surface area is 162 Å². The van der Waals surface area contributed by atoms with Crippen LogP contribution in [0.3, 0.4) is 0 Å². The van der Waals surface area contributed by atoms with Crippen LogP contribution in [-0.4, -0.2) is 59.2 Å². The van der Waals surface area contributed by atoms with Crippen molar-refractivity contribution in [3.05, 3.63) is 35.9 Å². The van der Waals surface area contributed by atoms with Crippen molar-refractivity contribution in [3.63, 3.8) is 0 Å². The Morgan fingerprint density at radius 1 is 1.11 bits per heavy atom. The maximum Gasteiger partial charge on any atom is 0.326 e. The molecule has 0 heterocycles. The third kappa shape index (κ3) is 8.09. The summed E-state index contributed by atoms with van der Waals surface area (Å²) in [6.07, 6.45) is 0.115. The Kier molecular flexibility index (Phi) is 9.31. The summed E-state index contributed by atoms with van der Waals surface area (Å²) >= 11 is 3.89. The molecule has 1 aromatic carbocycles. The minimum atomic E-state index is -1.18. The van der Waals surface area contributed by atoms with E-state index in [1.807, 2.05) is 0 Å². The highest BCUT2D eigenvalue weighted by molar-refractivity contribution is 7.80. The van der Waals surface area contributed by atoms with Gasteiger partial charge in [-0.3, -0.25) is 14.4 Å². The highest BCUT2D eigenvalue weighted by Gasteiger charge is 2.22. The van der Waals surface area contributed by atoms with Crippen molar-refractivity contribution in [2.45, 2.75) is 31.5 Å². The van der Waals surface area contributed by atoms with Crippen LogP contribution in [0.2, 0.25) is 0 Å². The van der Waals surface area contributed by atoms with E-state index in [1.165, 1.54) is 6.92 Å². The number of benzene rings is 1. The molecule has 1 rings (SSSR count). The van der Waals surface area contributed by atoms with E-state index in [0.29, 0.717) is 0 Å². The number of amides is 3. The van der Waals surface area contributed by atoms with Crippen molar-refractivity contribution < 1.29 is 24.3 Å². The summed E-state index contributed by atoms with van der Waals surface area (Å²) < 4.78 is 0.